The quantitative estimate of drug-likeness (QED) is 0.579. The molecule has 0 aliphatic heterocycles. The van der Waals surface area contributed by atoms with Gasteiger partial charge in [0.15, 0.2) is 11.8 Å². The monoisotopic (exact) mass is 334 g/mol. The lowest BCUT2D eigenvalue weighted by atomic mass is 10.00. The third-order valence-corrected chi connectivity index (χ3v) is 3.39. The first kappa shape index (κ1) is 17.7. The van der Waals surface area contributed by atoms with Gasteiger partial charge in [0, 0.05) is 13.3 Å². The molecule has 3 nitrogen and oxygen atoms in total. The summed E-state index contributed by atoms with van der Waals surface area (Å²) in [6, 6.07) is 12.5. The van der Waals surface area contributed by atoms with Crippen LogP contribution < -0.4 is 0 Å². The molecule has 0 atom stereocenters. The van der Waals surface area contributed by atoms with Gasteiger partial charge in [0.05, 0.1) is 5.56 Å². The molecular formula is C18H17F3N2O. The second-order valence-electron chi connectivity index (χ2n) is 5.36. The van der Waals surface area contributed by atoms with Crippen molar-refractivity contribution in [3.8, 4) is 11.1 Å². The minimum absolute atomic E-state index is 0.0161. The number of halogens is 3. The van der Waals surface area contributed by atoms with E-state index in [9.17, 15) is 13.2 Å². The van der Waals surface area contributed by atoms with Crippen LogP contribution in [-0.2, 0) is 17.3 Å². The fourth-order valence-electron chi connectivity index (χ4n) is 2.25. The Morgan fingerprint density at radius 3 is 2.25 bits per heavy atom. The Bertz CT molecular complexity index is 737. The highest BCUT2D eigenvalue weighted by atomic mass is 19.4. The molecular weight excluding hydrogens is 317 g/mol. The maximum atomic E-state index is 12.6. The molecule has 2 N–H and O–H groups in total. The lowest BCUT2D eigenvalue weighted by Gasteiger charge is -2.09. The van der Waals surface area contributed by atoms with Crippen LogP contribution in [0.2, 0.25) is 0 Å². The summed E-state index contributed by atoms with van der Waals surface area (Å²) in [5.41, 5.74) is 1.79. The van der Waals surface area contributed by atoms with E-state index in [1.54, 1.807) is 0 Å². The molecule has 0 fully saturated rings. The molecule has 2 aromatic rings. The molecule has 0 aromatic heterocycles. The smallest absolute Gasteiger partial charge is 0.416 e. The number of rotatable bonds is 4. The van der Waals surface area contributed by atoms with Gasteiger partial charge in [0.2, 0.25) is 0 Å². The highest BCUT2D eigenvalue weighted by molar-refractivity contribution is 5.87. The molecule has 0 unspecified atom stereocenters. The number of hydrogen-bond donors (Lipinski definition) is 2. The third kappa shape index (κ3) is 4.94. The molecule has 0 aliphatic carbocycles. The van der Waals surface area contributed by atoms with Gasteiger partial charge < -0.3 is 4.74 Å². The molecule has 126 valence electrons. The van der Waals surface area contributed by atoms with Crippen molar-refractivity contribution in [2.45, 2.75) is 25.9 Å². The van der Waals surface area contributed by atoms with Crippen molar-refractivity contribution < 1.29 is 17.9 Å². The minimum atomic E-state index is -4.34. The lowest BCUT2D eigenvalue weighted by molar-refractivity contribution is -0.137. The van der Waals surface area contributed by atoms with Crippen molar-refractivity contribution >= 4 is 11.8 Å². The van der Waals surface area contributed by atoms with Gasteiger partial charge in [-0.3, -0.25) is 10.8 Å². The average molecular weight is 334 g/mol. The molecule has 0 saturated heterocycles. The van der Waals surface area contributed by atoms with Gasteiger partial charge in [0.25, 0.3) is 0 Å². The molecule has 24 heavy (non-hydrogen) atoms. The third-order valence-electron chi connectivity index (χ3n) is 3.39. The molecule has 6 heteroatoms. The highest BCUT2D eigenvalue weighted by Gasteiger charge is 2.29. The Labute approximate surface area is 138 Å². The highest BCUT2D eigenvalue weighted by Crippen LogP contribution is 2.31. The van der Waals surface area contributed by atoms with Gasteiger partial charge in [-0.05, 0) is 35.2 Å². The van der Waals surface area contributed by atoms with Gasteiger partial charge in [-0.1, -0.05) is 36.4 Å². The van der Waals surface area contributed by atoms with Crippen LogP contribution in [0.5, 0.6) is 0 Å². The SMILES string of the molecule is CC(=N)OC(=N)CCc1cccc(-c2ccc(C(F)(F)F)cc2)c1. The Balaban J connectivity index is 2.10. The molecule has 0 amide bonds. The van der Waals surface area contributed by atoms with E-state index in [2.05, 4.69) is 0 Å². The summed E-state index contributed by atoms with van der Waals surface area (Å²) >= 11 is 0. The van der Waals surface area contributed by atoms with Crippen LogP contribution >= 0.6 is 0 Å². The summed E-state index contributed by atoms with van der Waals surface area (Å²) in [5.74, 6) is -0.0130. The van der Waals surface area contributed by atoms with Crippen molar-refractivity contribution in [3.05, 3.63) is 59.7 Å². The Morgan fingerprint density at radius 2 is 1.67 bits per heavy atom. The second-order valence-corrected chi connectivity index (χ2v) is 5.36. The van der Waals surface area contributed by atoms with E-state index in [1.807, 2.05) is 24.3 Å². The summed E-state index contributed by atoms with van der Waals surface area (Å²) in [7, 11) is 0. The maximum absolute atomic E-state index is 12.6. The van der Waals surface area contributed by atoms with Gasteiger partial charge in [0.1, 0.15) is 0 Å². The molecule has 0 heterocycles. The summed E-state index contributed by atoms with van der Waals surface area (Å²) in [6.07, 6.45) is -3.43. The average Bonchev–Trinajstić information content (AvgIpc) is 2.52. The van der Waals surface area contributed by atoms with E-state index in [0.29, 0.717) is 18.4 Å². The standard InChI is InChI=1S/C18H17F3N2O/c1-12(22)24-17(23)10-5-13-3-2-4-15(11-13)14-6-8-16(9-7-14)18(19,20)21/h2-4,6-9,11,22-23H,5,10H2,1H3. The molecule has 0 bridgehead atoms. The van der Waals surface area contributed by atoms with Crippen LogP contribution in [0.25, 0.3) is 11.1 Å². The number of nitrogens with one attached hydrogen (secondary N) is 2. The van der Waals surface area contributed by atoms with Crippen LogP contribution in [-0.4, -0.2) is 11.8 Å². The summed E-state index contributed by atoms with van der Waals surface area (Å²) in [5, 5.41) is 14.8. The number of alkyl halides is 3. The van der Waals surface area contributed by atoms with Crippen molar-refractivity contribution in [2.24, 2.45) is 0 Å². The van der Waals surface area contributed by atoms with E-state index < -0.39 is 11.7 Å². The van der Waals surface area contributed by atoms with Crippen molar-refractivity contribution in [1.29, 1.82) is 10.8 Å². The van der Waals surface area contributed by atoms with Crippen molar-refractivity contribution in [2.75, 3.05) is 0 Å². The van der Waals surface area contributed by atoms with E-state index in [1.165, 1.54) is 19.1 Å². The molecule has 2 rings (SSSR count). The molecule has 2 aromatic carbocycles. The summed E-state index contributed by atoms with van der Waals surface area (Å²) in [4.78, 5) is 0. The maximum Gasteiger partial charge on any atom is 0.416 e. The van der Waals surface area contributed by atoms with Gasteiger partial charge >= 0.3 is 6.18 Å². The second kappa shape index (κ2) is 7.29. The molecule has 0 spiro atoms. The van der Waals surface area contributed by atoms with Crippen LogP contribution in [0.3, 0.4) is 0 Å². The summed E-state index contributed by atoms with van der Waals surface area (Å²) < 4.78 is 42.7. The first-order chi connectivity index (χ1) is 11.3. The molecule has 0 aliphatic rings. The number of aryl methyl sites for hydroxylation is 1. The van der Waals surface area contributed by atoms with Crippen molar-refractivity contribution in [3.63, 3.8) is 0 Å². The zero-order valence-electron chi connectivity index (χ0n) is 13.1. The predicted octanol–water partition coefficient (Wildman–Crippen LogP) is 5.30. The van der Waals surface area contributed by atoms with E-state index in [-0.39, 0.29) is 11.8 Å². The fraction of sp³-hybridized carbons (Fsp3) is 0.222. The number of benzene rings is 2. The van der Waals surface area contributed by atoms with Crippen LogP contribution in [0.1, 0.15) is 24.5 Å². The van der Waals surface area contributed by atoms with E-state index >= 15 is 0 Å². The minimum Gasteiger partial charge on any atom is -0.430 e. The van der Waals surface area contributed by atoms with Crippen LogP contribution in [0.4, 0.5) is 13.2 Å². The Kier molecular flexibility index (Phi) is 5.39. The number of ether oxygens (including phenoxy) is 1. The van der Waals surface area contributed by atoms with Crippen LogP contribution in [0, 0.1) is 10.8 Å². The van der Waals surface area contributed by atoms with E-state index in [0.717, 1.165) is 23.3 Å². The molecule has 0 radical (unpaired) electrons. The normalized spacial score (nSPS) is 11.2. The van der Waals surface area contributed by atoms with Gasteiger partial charge in [-0.25, -0.2) is 0 Å². The van der Waals surface area contributed by atoms with Gasteiger partial charge in [-0.2, -0.15) is 13.2 Å². The zero-order chi connectivity index (χ0) is 17.7. The first-order valence-electron chi connectivity index (χ1n) is 7.33. The first-order valence-corrected chi connectivity index (χ1v) is 7.33. The summed E-state index contributed by atoms with van der Waals surface area (Å²) in [6.45, 7) is 1.46. The largest absolute Gasteiger partial charge is 0.430 e. The zero-order valence-corrected chi connectivity index (χ0v) is 13.1. The van der Waals surface area contributed by atoms with E-state index in [4.69, 9.17) is 15.6 Å². The Hall–Kier alpha value is -2.63. The fourth-order valence-corrected chi connectivity index (χ4v) is 2.25. The lowest BCUT2D eigenvalue weighted by Crippen LogP contribution is -2.08. The van der Waals surface area contributed by atoms with Gasteiger partial charge in [-0.15, -0.1) is 0 Å². The van der Waals surface area contributed by atoms with Crippen molar-refractivity contribution in [1.82, 2.24) is 0 Å². The topological polar surface area (TPSA) is 56.9 Å². The predicted molar refractivity (Wildman–Crippen MR) is 87.4 cm³/mol. The molecule has 0 saturated carbocycles. The Morgan fingerprint density at radius 1 is 1.00 bits per heavy atom. The van der Waals surface area contributed by atoms with Crippen LogP contribution in [0.15, 0.2) is 48.5 Å². The number of hydrogen-bond acceptors (Lipinski definition) is 3.